The Morgan fingerprint density at radius 2 is 1.73 bits per heavy atom. The van der Waals surface area contributed by atoms with Crippen molar-refractivity contribution in [3.63, 3.8) is 0 Å². The van der Waals surface area contributed by atoms with Gasteiger partial charge < -0.3 is 4.74 Å². The van der Waals surface area contributed by atoms with Gasteiger partial charge in [-0.05, 0) is 48.5 Å². The molecule has 30 heavy (non-hydrogen) atoms. The summed E-state index contributed by atoms with van der Waals surface area (Å²) in [6.45, 7) is 0. The number of rotatable bonds is 6. The molecule has 0 fully saturated rings. The third-order valence-electron chi connectivity index (χ3n) is 4.57. The zero-order valence-electron chi connectivity index (χ0n) is 16.0. The van der Waals surface area contributed by atoms with E-state index in [1.807, 2.05) is 6.07 Å². The summed E-state index contributed by atoms with van der Waals surface area (Å²) in [7, 11) is 1.53. The highest BCUT2D eigenvalue weighted by Gasteiger charge is 2.17. The molecule has 0 spiro atoms. The molecule has 4 rings (SSSR count). The van der Waals surface area contributed by atoms with Crippen LogP contribution in [-0.4, -0.2) is 28.2 Å². The van der Waals surface area contributed by atoms with Gasteiger partial charge in [0.1, 0.15) is 11.6 Å². The number of benzene rings is 3. The lowest BCUT2D eigenvalue weighted by Gasteiger charge is -2.15. The Hall–Kier alpha value is -3.45. The van der Waals surface area contributed by atoms with E-state index < -0.39 is 5.82 Å². The lowest BCUT2D eigenvalue weighted by molar-refractivity contribution is 0.102. The molecule has 150 valence electrons. The summed E-state index contributed by atoms with van der Waals surface area (Å²) in [5, 5.41) is 0.844. The first-order chi connectivity index (χ1) is 14.6. The number of para-hydroxylation sites is 3. The van der Waals surface area contributed by atoms with Gasteiger partial charge in [-0.25, -0.2) is 9.37 Å². The smallest absolute Gasteiger partial charge is 0.266 e. The quantitative estimate of drug-likeness (QED) is 0.261. The number of methoxy groups -OCH3 is 1. The Kier molecular flexibility index (Phi) is 5.63. The highest BCUT2D eigenvalue weighted by Crippen LogP contribution is 2.27. The molecule has 0 saturated carbocycles. The van der Waals surface area contributed by atoms with E-state index in [0.717, 1.165) is 11.8 Å². The van der Waals surface area contributed by atoms with Crippen LogP contribution in [0.4, 0.5) is 4.39 Å². The minimum absolute atomic E-state index is 0.0472. The maximum absolute atomic E-state index is 13.3. The van der Waals surface area contributed by atoms with Crippen molar-refractivity contribution in [1.82, 2.24) is 9.55 Å². The zero-order valence-corrected chi connectivity index (χ0v) is 16.9. The SMILES string of the molecule is COc1ccccc1-n1c(SCC(=O)c2ccc(F)cc2)nc2ccccc2c1=O. The third-order valence-corrected chi connectivity index (χ3v) is 5.51. The molecule has 0 atom stereocenters. The summed E-state index contributed by atoms with van der Waals surface area (Å²) in [6.07, 6.45) is 0. The van der Waals surface area contributed by atoms with Crippen LogP contribution >= 0.6 is 11.8 Å². The molecule has 1 heterocycles. The van der Waals surface area contributed by atoms with Gasteiger partial charge in [0.15, 0.2) is 10.9 Å². The van der Waals surface area contributed by atoms with Gasteiger partial charge in [-0.1, -0.05) is 36.0 Å². The Morgan fingerprint density at radius 1 is 1.03 bits per heavy atom. The van der Waals surface area contributed by atoms with Crippen LogP contribution < -0.4 is 10.3 Å². The monoisotopic (exact) mass is 420 g/mol. The van der Waals surface area contributed by atoms with Crippen molar-refractivity contribution in [2.24, 2.45) is 0 Å². The van der Waals surface area contributed by atoms with Crippen molar-refractivity contribution in [2.75, 3.05) is 12.9 Å². The normalized spacial score (nSPS) is 10.9. The number of fused-ring (bicyclic) bond motifs is 1. The molecule has 0 amide bonds. The van der Waals surface area contributed by atoms with Crippen LogP contribution in [0.5, 0.6) is 5.75 Å². The van der Waals surface area contributed by atoms with E-state index in [1.54, 1.807) is 42.5 Å². The average molecular weight is 420 g/mol. The molecule has 0 bridgehead atoms. The predicted octanol–water partition coefficient (Wildman–Crippen LogP) is 4.51. The Morgan fingerprint density at radius 3 is 2.50 bits per heavy atom. The second-order valence-corrected chi connectivity index (χ2v) is 7.39. The second kappa shape index (κ2) is 8.51. The molecule has 3 aromatic carbocycles. The minimum Gasteiger partial charge on any atom is -0.495 e. The maximum atomic E-state index is 13.3. The molecule has 0 aliphatic carbocycles. The van der Waals surface area contributed by atoms with Crippen molar-refractivity contribution in [2.45, 2.75) is 5.16 Å². The van der Waals surface area contributed by atoms with Crippen molar-refractivity contribution in [3.05, 3.63) is 94.5 Å². The largest absolute Gasteiger partial charge is 0.495 e. The van der Waals surface area contributed by atoms with E-state index in [1.165, 1.54) is 35.9 Å². The van der Waals surface area contributed by atoms with Crippen LogP contribution in [-0.2, 0) is 0 Å². The molecule has 0 N–H and O–H groups in total. The van der Waals surface area contributed by atoms with E-state index in [-0.39, 0.29) is 17.1 Å². The van der Waals surface area contributed by atoms with Crippen LogP contribution in [0.1, 0.15) is 10.4 Å². The summed E-state index contributed by atoms with van der Waals surface area (Å²) < 4.78 is 20.0. The second-order valence-electron chi connectivity index (χ2n) is 6.44. The first kappa shape index (κ1) is 19.8. The van der Waals surface area contributed by atoms with Crippen molar-refractivity contribution in [3.8, 4) is 11.4 Å². The number of halogens is 1. The highest BCUT2D eigenvalue weighted by molar-refractivity contribution is 7.99. The molecular weight excluding hydrogens is 403 g/mol. The standard InChI is InChI=1S/C23H17FN2O3S/c1-29-21-9-5-4-8-19(21)26-22(28)17-6-2-3-7-18(17)25-23(26)30-14-20(27)15-10-12-16(24)13-11-15/h2-13H,14H2,1H3. The van der Waals surface area contributed by atoms with E-state index >= 15 is 0 Å². The summed E-state index contributed by atoms with van der Waals surface area (Å²) in [5.41, 5.74) is 1.24. The van der Waals surface area contributed by atoms with Gasteiger partial charge >= 0.3 is 0 Å². The van der Waals surface area contributed by atoms with Crippen LogP contribution in [0.2, 0.25) is 0 Å². The molecule has 0 unspecified atom stereocenters. The number of hydrogen-bond acceptors (Lipinski definition) is 5. The van der Waals surface area contributed by atoms with Gasteiger partial charge in [0.25, 0.3) is 5.56 Å². The number of carbonyl (C=O) groups excluding carboxylic acids is 1. The average Bonchev–Trinajstić information content (AvgIpc) is 2.78. The fourth-order valence-electron chi connectivity index (χ4n) is 3.09. The lowest BCUT2D eigenvalue weighted by atomic mass is 10.1. The first-order valence-electron chi connectivity index (χ1n) is 9.15. The van der Waals surface area contributed by atoms with Crippen LogP contribution in [0.3, 0.4) is 0 Å². The van der Waals surface area contributed by atoms with Crippen LogP contribution in [0, 0.1) is 5.82 Å². The van der Waals surface area contributed by atoms with Crippen molar-refractivity contribution >= 4 is 28.4 Å². The Labute approximate surface area is 176 Å². The van der Waals surface area contributed by atoms with Gasteiger partial charge in [0, 0.05) is 5.56 Å². The molecule has 0 aliphatic heterocycles. The Bertz CT molecular complexity index is 1290. The number of thioether (sulfide) groups is 1. The lowest BCUT2D eigenvalue weighted by Crippen LogP contribution is -2.22. The highest BCUT2D eigenvalue weighted by atomic mass is 32.2. The number of hydrogen-bond donors (Lipinski definition) is 0. The first-order valence-corrected chi connectivity index (χ1v) is 10.1. The fraction of sp³-hybridized carbons (Fsp3) is 0.0870. The third kappa shape index (κ3) is 3.84. The molecule has 0 saturated heterocycles. The van der Waals surface area contributed by atoms with Gasteiger partial charge in [-0.2, -0.15) is 0 Å². The van der Waals surface area contributed by atoms with Gasteiger partial charge in [0.05, 0.1) is 29.5 Å². The fourth-order valence-corrected chi connectivity index (χ4v) is 3.99. The van der Waals surface area contributed by atoms with E-state index in [0.29, 0.717) is 33.1 Å². The molecule has 7 heteroatoms. The summed E-state index contributed by atoms with van der Waals surface area (Å²) >= 11 is 1.15. The maximum Gasteiger partial charge on any atom is 0.266 e. The zero-order chi connectivity index (χ0) is 21.1. The van der Waals surface area contributed by atoms with Crippen molar-refractivity contribution in [1.29, 1.82) is 0 Å². The molecule has 0 aliphatic rings. The summed E-state index contributed by atoms with van der Waals surface area (Å²) in [5.74, 6) is -0.0243. The van der Waals surface area contributed by atoms with Crippen LogP contribution in [0.25, 0.3) is 16.6 Å². The van der Waals surface area contributed by atoms with Crippen molar-refractivity contribution < 1.29 is 13.9 Å². The van der Waals surface area contributed by atoms with E-state index in [4.69, 9.17) is 4.74 Å². The van der Waals surface area contributed by atoms with E-state index in [9.17, 15) is 14.0 Å². The van der Waals surface area contributed by atoms with Gasteiger partial charge in [0.2, 0.25) is 0 Å². The number of nitrogens with zero attached hydrogens (tertiary/aromatic N) is 2. The van der Waals surface area contributed by atoms with Gasteiger partial charge in [-0.15, -0.1) is 0 Å². The Balaban J connectivity index is 1.79. The molecule has 0 radical (unpaired) electrons. The van der Waals surface area contributed by atoms with Crippen LogP contribution in [0.15, 0.2) is 82.7 Å². The molecule has 4 aromatic rings. The number of Topliss-reactive ketones (excluding diaryl/α,β-unsaturated/α-hetero) is 1. The number of ether oxygens (including phenoxy) is 1. The number of carbonyl (C=O) groups is 1. The molecule has 1 aromatic heterocycles. The number of ketones is 1. The van der Waals surface area contributed by atoms with E-state index in [2.05, 4.69) is 4.98 Å². The number of aromatic nitrogens is 2. The topological polar surface area (TPSA) is 61.2 Å². The molecular formula is C23H17FN2O3S. The predicted molar refractivity (Wildman–Crippen MR) is 115 cm³/mol. The molecule has 5 nitrogen and oxygen atoms in total. The summed E-state index contributed by atoms with van der Waals surface area (Å²) in [4.78, 5) is 30.5. The summed E-state index contributed by atoms with van der Waals surface area (Å²) in [6, 6.07) is 19.6. The van der Waals surface area contributed by atoms with Gasteiger partial charge in [-0.3, -0.25) is 14.2 Å². The minimum atomic E-state index is -0.402.